The highest BCUT2D eigenvalue weighted by atomic mass is 19.1. The van der Waals surface area contributed by atoms with Gasteiger partial charge in [-0.3, -0.25) is 9.69 Å². The van der Waals surface area contributed by atoms with Gasteiger partial charge in [0.25, 0.3) is 0 Å². The average molecular weight is 379 g/mol. The number of Topliss-reactive ketones (excluding diaryl/α,β-unsaturated/α-hetero) is 1. The lowest BCUT2D eigenvalue weighted by Gasteiger charge is -2.31. The van der Waals surface area contributed by atoms with E-state index in [1.165, 1.54) is 38.2 Å². The van der Waals surface area contributed by atoms with Crippen molar-refractivity contribution in [2.75, 3.05) is 46.4 Å². The first-order valence-corrected chi connectivity index (χ1v) is 10.5. The molecule has 27 heavy (non-hydrogen) atoms. The highest BCUT2D eigenvalue weighted by Crippen LogP contribution is 2.18. The Morgan fingerprint density at radius 3 is 2.37 bits per heavy atom. The zero-order valence-corrected chi connectivity index (χ0v) is 17.0. The number of unbranched alkanes of at least 4 members (excludes halogenated alkanes) is 6. The minimum atomic E-state index is -0.480. The van der Waals surface area contributed by atoms with Crippen molar-refractivity contribution >= 4 is 5.78 Å². The quantitative estimate of drug-likeness (QED) is 0.399. The van der Waals surface area contributed by atoms with Gasteiger partial charge in [-0.2, -0.15) is 0 Å². The fourth-order valence-corrected chi connectivity index (χ4v) is 3.36. The fraction of sp³-hybridized carbons (Fsp3) is 0.682. The van der Waals surface area contributed by atoms with E-state index >= 15 is 0 Å². The molecule has 1 aromatic rings. The fourth-order valence-electron chi connectivity index (χ4n) is 3.36. The molecule has 0 N–H and O–H groups in total. The number of hydrogen-bond acceptors (Lipinski definition) is 4. The predicted molar refractivity (Wildman–Crippen MR) is 108 cm³/mol. The molecule has 1 aromatic carbocycles. The molecule has 0 unspecified atom stereocenters. The predicted octanol–water partition coefficient (Wildman–Crippen LogP) is 4.39. The van der Waals surface area contributed by atoms with Gasteiger partial charge in [-0.05, 0) is 25.6 Å². The Balaban J connectivity index is 1.70. The summed E-state index contributed by atoms with van der Waals surface area (Å²) < 4.78 is 20.0. The van der Waals surface area contributed by atoms with Gasteiger partial charge < -0.3 is 9.64 Å². The summed E-state index contributed by atoms with van der Waals surface area (Å²) in [4.78, 5) is 16.7. The van der Waals surface area contributed by atoms with E-state index in [0.29, 0.717) is 12.4 Å². The van der Waals surface area contributed by atoms with Crippen molar-refractivity contribution in [3.8, 4) is 5.75 Å². The molecule has 0 spiro atoms. The molecule has 0 aromatic heterocycles. The Labute approximate surface area is 163 Å². The van der Waals surface area contributed by atoms with Crippen LogP contribution in [0.15, 0.2) is 18.2 Å². The molecule has 1 fully saturated rings. The van der Waals surface area contributed by atoms with Gasteiger partial charge in [0.15, 0.2) is 5.78 Å². The zero-order chi connectivity index (χ0) is 19.5. The van der Waals surface area contributed by atoms with Crippen LogP contribution in [-0.2, 0) is 0 Å². The van der Waals surface area contributed by atoms with Crippen LogP contribution in [0.5, 0.6) is 5.75 Å². The number of nitrogens with zero attached hydrogens (tertiary/aromatic N) is 2. The van der Waals surface area contributed by atoms with Crippen LogP contribution in [0.4, 0.5) is 4.39 Å². The van der Waals surface area contributed by atoms with Crippen LogP contribution < -0.4 is 4.74 Å². The lowest BCUT2D eigenvalue weighted by Crippen LogP contribution is -2.46. The standard InChI is InChI=1S/C22H35FN2O2/c1-3-4-5-6-7-8-9-16-27-19-10-11-20(21(23)17-19)22(26)18-25-14-12-24(2)13-15-25/h10-11,17H,3-9,12-16,18H2,1-2H3. The number of piperazine rings is 1. The molecule has 0 saturated carbocycles. The zero-order valence-electron chi connectivity index (χ0n) is 17.0. The third kappa shape index (κ3) is 7.97. The average Bonchev–Trinajstić information content (AvgIpc) is 2.66. The lowest BCUT2D eigenvalue weighted by molar-refractivity contribution is 0.0872. The van der Waals surface area contributed by atoms with E-state index in [4.69, 9.17) is 4.74 Å². The van der Waals surface area contributed by atoms with Gasteiger partial charge in [-0.25, -0.2) is 4.39 Å². The van der Waals surface area contributed by atoms with Crippen LogP contribution in [0.25, 0.3) is 0 Å². The maximum atomic E-state index is 14.3. The molecule has 2 rings (SSSR count). The Hall–Kier alpha value is -1.46. The van der Waals surface area contributed by atoms with Gasteiger partial charge in [0.1, 0.15) is 11.6 Å². The molecule has 4 nitrogen and oxygen atoms in total. The van der Waals surface area contributed by atoms with Gasteiger partial charge in [0, 0.05) is 32.2 Å². The van der Waals surface area contributed by atoms with Crippen molar-refractivity contribution in [1.82, 2.24) is 9.80 Å². The van der Waals surface area contributed by atoms with E-state index in [2.05, 4.69) is 23.8 Å². The van der Waals surface area contributed by atoms with Crippen molar-refractivity contribution in [3.05, 3.63) is 29.6 Å². The van der Waals surface area contributed by atoms with Gasteiger partial charge >= 0.3 is 0 Å². The number of likely N-dealkylation sites (N-methyl/N-ethyl adjacent to an activating group) is 1. The summed E-state index contributed by atoms with van der Waals surface area (Å²) in [5.41, 5.74) is 0.164. The Morgan fingerprint density at radius 1 is 1.04 bits per heavy atom. The van der Waals surface area contributed by atoms with Gasteiger partial charge in [0.2, 0.25) is 0 Å². The van der Waals surface area contributed by atoms with E-state index in [-0.39, 0.29) is 17.9 Å². The largest absolute Gasteiger partial charge is 0.493 e. The summed E-state index contributed by atoms with van der Waals surface area (Å²) in [6.45, 7) is 6.69. The summed E-state index contributed by atoms with van der Waals surface area (Å²) in [5.74, 6) is -0.128. The first-order valence-electron chi connectivity index (χ1n) is 10.5. The molecule has 152 valence electrons. The van der Waals surface area contributed by atoms with Crippen molar-refractivity contribution in [2.24, 2.45) is 0 Å². The summed E-state index contributed by atoms with van der Waals surface area (Å²) in [6, 6.07) is 4.62. The molecule has 1 aliphatic heterocycles. The van der Waals surface area contributed by atoms with E-state index in [0.717, 1.165) is 39.0 Å². The molecule has 1 aliphatic rings. The molecular formula is C22H35FN2O2. The highest BCUT2D eigenvalue weighted by Gasteiger charge is 2.19. The second kappa shape index (κ2) is 12.1. The van der Waals surface area contributed by atoms with Crippen LogP contribution in [0, 0.1) is 5.82 Å². The van der Waals surface area contributed by atoms with Crippen molar-refractivity contribution in [2.45, 2.75) is 51.9 Å². The number of ether oxygens (including phenoxy) is 1. The summed E-state index contributed by atoms with van der Waals surface area (Å²) in [5, 5.41) is 0. The summed E-state index contributed by atoms with van der Waals surface area (Å²) >= 11 is 0. The number of ketones is 1. The second-order valence-electron chi connectivity index (χ2n) is 7.61. The maximum Gasteiger partial charge on any atom is 0.179 e. The van der Waals surface area contributed by atoms with Crippen LogP contribution in [0.3, 0.4) is 0 Å². The summed E-state index contributed by atoms with van der Waals surface area (Å²) in [7, 11) is 2.07. The molecule has 0 bridgehead atoms. The molecule has 5 heteroatoms. The SMILES string of the molecule is CCCCCCCCCOc1ccc(C(=O)CN2CCN(C)CC2)c(F)c1. The number of halogens is 1. The minimum absolute atomic E-state index is 0.157. The van der Waals surface area contributed by atoms with Crippen LogP contribution in [0.2, 0.25) is 0 Å². The number of benzene rings is 1. The van der Waals surface area contributed by atoms with Crippen LogP contribution in [-0.4, -0.2) is 62.0 Å². The Kier molecular flexibility index (Phi) is 9.78. The maximum absolute atomic E-state index is 14.3. The monoisotopic (exact) mass is 378 g/mol. The smallest absolute Gasteiger partial charge is 0.179 e. The second-order valence-corrected chi connectivity index (χ2v) is 7.61. The van der Waals surface area contributed by atoms with Crippen molar-refractivity contribution < 1.29 is 13.9 Å². The van der Waals surface area contributed by atoms with E-state index in [1.807, 2.05) is 0 Å². The normalized spacial score (nSPS) is 15.8. The molecule has 0 atom stereocenters. The topological polar surface area (TPSA) is 32.8 Å². The minimum Gasteiger partial charge on any atom is -0.493 e. The Bertz CT molecular complexity index is 571. The van der Waals surface area contributed by atoms with Gasteiger partial charge in [-0.15, -0.1) is 0 Å². The first kappa shape index (κ1) is 21.8. The Morgan fingerprint density at radius 2 is 1.70 bits per heavy atom. The van der Waals surface area contributed by atoms with E-state index < -0.39 is 5.82 Å². The van der Waals surface area contributed by atoms with E-state index in [1.54, 1.807) is 12.1 Å². The van der Waals surface area contributed by atoms with Crippen molar-refractivity contribution in [1.29, 1.82) is 0 Å². The molecule has 0 aliphatic carbocycles. The molecule has 1 heterocycles. The number of carbonyl (C=O) groups is 1. The molecule has 0 amide bonds. The number of rotatable bonds is 12. The number of hydrogen-bond donors (Lipinski definition) is 0. The van der Waals surface area contributed by atoms with E-state index in [9.17, 15) is 9.18 Å². The van der Waals surface area contributed by atoms with Crippen molar-refractivity contribution in [3.63, 3.8) is 0 Å². The first-order chi connectivity index (χ1) is 13.1. The summed E-state index contributed by atoms with van der Waals surface area (Å²) in [6.07, 6.45) is 8.54. The molecular weight excluding hydrogens is 343 g/mol. The third-order valence-electron chi connectivity index (χ3n) is 5.22. The third-order valence-corrected chi connectivity index (χ3v) is 5.22. The van der Waals surface area contributed by atoms with Gasteiger partial charge in [-0.1, -0.05) is 45.4 Å². The van der Waals surface area contributed by atoms with Crippen LogP contribution >= 0.6 is 0 Å². The molecule has 1 saturated heterocycles. The molecule has 0 radical (unpaired) electrons. The lowest BCUT2D eigenvalue weighted by atomic mass is 10.1. The highest BCUT2D eigenvalue weighted by molar-refractivity contribution is 5.98. The van der Waals surface area contributed by atoms with Crippen LogP contribution in [0.1, 0.15) is 62.2 Å². The van der Waals surface area contributed by atoms with Gasteiger partial charge in [0.05, 0.1) is 18.7 Å². The number of carbonyl (C=O) groups excluding carboxylic acids is 1.